The molecule has 0 spiro atoms. The number of Topliss-reactive ketones (excluding diaryl/α,β-unsaturated/α-hetero) is 1. The number of aromatic nitrogens is 1. The molecule has 0 bridgehead atoms. The summed E-state index contributed by atoms with van der Waals surface area (Å²) in [5, 5.41) is 2.88. The average molecular weight is 422 g/mol. The largest absolute Gasteiger partial charge is 0.398 e. The molecule has 2 heterocycles. The van der Waals surface area contributed by atoms with Crippen molar-refractivity contribution in [3.63, 3.8) is 0 Å². The van der Waals surface area contributed by atoms with Gasteiger partial charge in [-0.15, -0.1) is 0 Å². The summed E-state index contributed by atoms with van der Waals surface area (Å²) in [5.41, 5.74) is 6.45. The van der Waals surface area contributed by atoms with Gasteiger partial charge in [-0.3, -0.25) is 19.4 Å². The molecule has 31 heavy (non-hydrogen) atoms. The fourth-order valence-electron chi connectivity index (χ4n) is 4.39. The molecule has 3 atom stereocenters. The number of benzene rings is 1. The molecule has 4 rings (SSSR count). The highest BCUT2D eigenvalue weighted by Gasteiger charge is 2.73. The molecule has 2 aliphatic rings. The molecular weight excluding hydrogens is 396 g/mol. The van der Waals surface area contributed by atoms with Gasteiger partial charge in [0.1, 0.15) is 0 Å². The van der Waals surface area contributed by atoms with E-state index in [1.165, 1.54) is 0 Å². The summed E-state index contributed by atoms with van der Waals surface area (Å²) in [4.78, 5) is 45.5. The Kier molecular flexibility index (Phi) is 5.73. The van der Waals surface area contributed by atoms with Crippen molar-refractivity contribution in [3.05, 3.63) is 59.9 Å². The van der Waals surface area contributed by atoms with Crippen molar-refractivity contribution in [1.29, 1.82) is 0 Å². The van der Waals surface area contributed by atoms with Crippen molar-refractivity contribution in [1.82, 2.24) is 15.2 Å². The second-order valence-corrected chi connectivity index (χ2v) is 8.17. The number of para-hydroxylation sites is 1. The Bertz CT molecular complexity index is 990. The highest BCUT2D eigenvalue weighted by Crippen LogP contribution is 2.61. The summed E-state index contributed by atoms with van der Waals surface area (Å²) in [6.45, 7) is 3.81. The van der Waals surface area contributed by atoms with Gasteiger partial charge < -0.3 is 20.7 Å². The van der Waals surface area contributed by atoms with Gasteiger partial charge in [-0.25, -0.2) is 0 Å². The highest BCUT2D eigenvalue weighted by atomic mass is 16.5. The van der Waals surface area contributed by atoms with E-state index in [0.717, 1.165) is 5.56 Å². The van der Waals surface area contributed by atoms with Gasteiger partial charge >= 0.3 is 0 Å². The van der Waals surface area contributed by atoms with Crippen LogP contribution in [0, 0.1) is 17.3 Å². The van der Waals surface area contributed by atoms with Gasteiger partial charge in [-0.2, -0.15) is 0 Å². The minimum Gasteiger partial charge on any atom is -0.398 e. The Morgan fingerprint density at radius 3 is 2.48 bits per heavy atom. The first-order valence-corrected chi connectivity index (χ1v) is 10.4. The number of morpholine rings is 1. The fraction of sp³-hybridized carbons (Fsp3) is 0.391. The summed E-state index contributed by atoms with van der Waals surface area (Å²) in [7, 11) is 0. The van der Waals surface area contributed by atoms with Gasteiger partial charge in [-0.05, 0) is 29.8 Å². The Labute approximate surface area is 180 Å². The third kappa shape index (κ3) is 3.90. The van der Waals surface area contributed by atoms with E-state index in [1.54, 1.807) is 60.6 Å². The third-order valence-electron chi connectivity index (χ3n) is 6.30. The molecule has 8 heteroatoms. The van der Waals surface area contributed by atoms with E-state index in [9.17, 15) is 14.4 Å². The van der Waals surface area contributed by atoms with Crippen molar-refractivity contribution < 1.29 is 19.1 Å². The zero-order valence-corrected chi connectivity index (χ0v) is 17.4. The molecule has 8 nitrogen and oxygen atoms in total. The predicted molar refractivity (Wildman–Crippen MR) is 114 cm³/mol. The van der Waals surface area contributed by atoms with Crippen molar-refractivity contribution in [2.24, 2.45) is 17.3 Å². The summed E-state index contributed by atoms with van der Waals surface area (Å²) in [6.07, 6.45) is 3.30. The third-order valence-corrected chi connectivity index (χ3v) is 6.30. The monoisotopic (exact) mass is 422 g/mol. The quantitative estimate of drug-likeness (QED) is 0.535. The number of nitrogens with two attached hydrogens (primary N) is 1. The number of pyridine rings is 1. The van der Waals surface area contributed by atoms with Crippen LogP contribution in [0.3, 0.4) is 0 Å². The molecule has 2 fully saturated rings. The van der Waals surface area contributed by atoms with E-state index in [-0.39, 0.29) is 17.6 Å². The maximum Gasteiger partial charge on any atom is 0.227 e. The van der Waals surface area contributed by atoms with Gasteiger partial charge in [0.2, 0.25) is 11.8 Å². The van der Waals surface area contributed by atoms with Crippen molar-refractivity contribution in [2.45, 2.75) is 13.5 Å². The predicted octanol–water partition coefficient (Wildman–Crippen LogP) is 1.27. The molecule has 1 aromatic heterocycles. The van der Waals surface area contributed by atoms with Crippen molar-refractivity contribution >= 4 is 23.3 Å². The molecule has 3 N–H and O–H groups in total. The smallest absolute Gasteiger partial charge is 0.227 e. The molecule has 162 valence electrons. The number of hydrogen-bond acceptors (Lipinski definition) is 6. The van der Waals surface area contributed by atoms with Crippen molar-refractivity contribution in [2.75, 3.05) is 32.0 Å². The number of hydrogen-bond donors (Lipinski definition) is 2. The molecule has 1 aliphatic carbocycles. The van der Waals surface area contributed by atoms with Crippen LogP contribution in [-0.2, 0) is 20.9 Å². The second-order valence-electron chi connectivity index (χ2n) is 8.17. The van der Waals surface area contributed by atoms with Crippen LogP contribution in [0.4, 0.5) is 5.69 Å². The van der Waals surface area contributed by atoms with Gasteiger partial charge in [-0.1, -0.05) is 19.1 Å². The zero-order chi connectivity index (χ0) is 22.0. The van der Waals surface area contributed by atoms with E-state index in [0.29, 0.717) is 44.1 Å². The molecule has 2 amide bonds. The SMILES string of the molecule is C[C@@]1(C(=O)c2ccccc2N)[C@H](C(=O)N2CCOCC2)[C@@H]1C(=O)NCc1ccncc1. The molecule has 1 saturated heterocycles. The maximum atomic E-state index is 13.5. The summed E-state index contributed by atoms with van der Waals surface area (Å²) >= 11 is 0. The Balaban J connectivity index is 1.58. The van der Waals surface area contributed by atoms with E-state index in [2.05, 4.69) is 10.3 Å². The molecule has 1 aliphatic heterocycles. The molecule has 0 radical (unpaired) electrons. The summed E-state index contributed by atoms with van der Waals surface area (Å²) in [5.74, 6) is -2.25. The lowest BCUT2D eigenvalue weighted by atomic mass is 9.91. The van der Waals surface area contributed by atoms with Gasteiger partial charge in [0.05, 0.1) is 30.5 Å². The number of carbonyl (C=O) groups is 3. The first-order valence-electron chi connectivity index (χ1n) is 10.4. The Hall–Kier alpha value is -3.26. The van der Waals surface area contributed by atoms with Gasteiger partial charge in [0.25, 0.3) is 0 Å². The van der Waals surface area contributed by atoms with E-state index < -0.39 is 17.3 Å². The van der Waals surface area contributed by atoms with Crippen LogP contribution >= 0.6 is 0 Å². The maximum absolute atomic E-state index is 13.5. The lowest BCUT2D eigenvalue weighted by molar-refractivity contribution is -0.138. The number of ether oxygens (including phenoxy) is 1. The standard InChI is InChI=1S/C23H26N4O4/c1-23(20(28)16-4-2-3-5-17(16)24)18(19(23)22(30)27-10-12-31-13-11-27)21(29)26-14-15-6-8-25-9-7-15/h2-9,18-19H,10-14,24H2,1H3,(H,26,29)/t18-,19+,23+/m1/s1. The number of ketones is 1. The van der Waals surface area contributed by atoms with E-state index in [1.807, 2.05) is 0 Å². The summed E-state index contributed by atoms with van der Waals surface area (Å²) in [6, 6.07) is 10.4. The highest BCUT2D eigenvalue weighted by molar-refractivity contribution is 6.14. The van der Waals surface area contributed by atoms with Crippen LogP contribution in [-0.4, -0.2) is 53.8 Å². The first-order chi connectivity index (χ1) is 14.9. The van der Waals surface area contributed by atoms with Crippen LogP contribution in [0.1, 0.15) is 22.8 Å². The van der Waals surface area contributed by atoms with E-state index >= 15 is 0 Å². The number of amides is 2. The lowest BCUT2D eigenvalue weighted by Gasteiger charge is -2.27. The summed E-state index contributed by atoms with van der Waals surface area (Å²) < 4.78 is 5.33. The molecule has 2 aromatic rings. The fourth-order valence-corrected chi connectivity index (χ4v) is 4.39. The number of nitrogens with one attached hydrogen (secondary N) is 1. The van der Waals surface area contributed by atoms with E-state index in [4.69, 9.17) is 10.5 Å². The van der Waals surface area contributed by atoms with Crippen LogP contribution in [0.15, 0.2) is 48.8 Å². The van der Waals surface area contributed by atoms with Crippen LogP contribution in [0.5, 0.6) is 0 Å². The number of anilines is 1. The van der Waals surface area contributed by atoms with Crippen LogP contribution < -0.4 is 11.1 Å². The van der Waals surface area contributed by atoms with Gasteiger partial charge in [0, 0.05) is 43.3 Å². The molecular formula is C23H26N4O4. The second kappa shape index (κ2) is 8.47. The number of rotatable bonds is 6. The molecule has 1 aromatic carbocycles. The number of nitrogens with zero attached hydrogens (tertiary/aromatic N) is 2. The molecule has 0 unspecified atom stereocenters. The minimum atomic E-state index is -1.15. The number of carbonyl (C=O) groups excluding carboxylic acids is 3. The Morgan fingerprint density at radius 2 is 1.81 bits per heavy atom. The average Bonchev–Trinajstić information content (AvgIpc) is 3.45. The topological polar surface area (TPSA) is 115 Å². The zero-order valence-electron chi connectivity index (χ0n) is 17.4. The minimum absolute atomic E-state index is 0.183. The van der Waals surface area contributed by atoms with Crippen LogP contribution in [0.25, 0.3) is 0 Å². The Morgan fingerprint density at radius 1 is 1.13 bits per heavy atom. The molecule has 1 saturated carbocycles. The van der Waals surface area contributed by atoms with Crippen molar-refractivity contribution in [3.8, 4) is 0 Å². The van der Waals surface area contributed by atoms with Crippen LogP contribution in [0.2, 0.25) is 0 Å². The van der Waals surface area contributed by atoms with Gasteiger partial charge in [0.15, 0.2) is 5.78 Å². The first kappa shape index (κ1) is 21.0. The number of nitrogen functional groups attached to an aromatic ring is 1. The normalized spacial score (nSPS) is 25.0. The lowest BCUT2D eigenvalue weighted by Crippen LogP contribution is -2.42.